The van der Waals surface area contributed by atoms with Crippen LogP contribution >= 0.6 is 0 Å². The van der Waals surface area contributed by atoms with Crippen molar-refractivity contribution in [3.63, 3.8) is 0 Å². The van der Waals surface area contributed by atoms with E-state index >= 15 is 0 Å². The molecule has 0 saturated carbocycles. The van der Waals surface area contributed by atoms with Crippen molar-refractivity contribution in [1.29, 1.82) is 0 Å². The summed E-state index contributed by atoms with van der Waals surface area (Å²) >= 11 is 0. The van der Waals surface area contributed by atoms with Gasteiger partial charge >= 0.3 is 0 Å². The fourth-order valence-corrected chi connectivity index (χ4v) is 7.54. The van der Waals surface area contributed by atoms with Gasteiger partial charge in [-0.2, -0.15) is 0 Å². The van der Waals surface area contributed by atoms with Crippen molar-refractivity contribution in [3.8, 4) is 11.5 Å². The summed E-state index contributed by atoms with van der Waals surface area (Å²) in [7, 11) is 1.64. The number of imide groups is 1. The van der Waals surface area contributed by atoms with E-state index in [4.69, 9.17) is 9.47 Å². The van der Waals surface area contributed by atoms with Gasteiger partial charge in [-0.3, -0.25) is 24.5 Å². The number of piperidine rings is 2. The number of ether oxygens (including phenoxy) is 2. The molecular weight excluding hydrogens is 603 g/mol. The Morgan fingerprint density at radius 1 is 0.894 bits per heavy atom. The Morgan fingerprint density at radius 3 is 2.43 bits per heavy atom. The molecule has 4 aliphatic heterocycles. The fourth-order valence-electron chi connectivity index (χ4n) is 7.54. The first-order valence-electron chi connectivity index (χ1n) is 17.1. The molecule has 2 aromatic carbocycles. The zero-order valence-corrected chi connectivity index (χ0v) is 27.2. The van der Waals surface area contributed by atoms with Crippen LogP contribution < -0.4 is 20.1 Å². The molecule has 2 unspecified atom stereocenters. The third-order valence-corrected chi connectivity index (χ3v) is 10.2. The minimum absolute atomic E-state index is 0.0878. The number of methoxy groups -OCH3 is 1. The fraction of sp³-hybridized carbons (Fsp3) is 0.556. The average Bonchev–Trinajstić information content (AvgIpc) is 3.65. The molecular formula is C36H45FN4O6. The van der Waals surface area contributed by atoms with Gasteiger partial charge in [-0.15, -0.1) is 0 Å². The van der Waals surface area contributed by atoms with E-state index in [1.807, 2.05) is 18.2 Å². The Kier molecular flexibility index (Phi) is 10.4. The second-order valence-electron chi connectivity index (χ2n) is 13.3. The third-order valence-electron chi connectivity index (χ3n) is 10.2. The quantitative estimate of drug-likeness (QED) is 0.244. The van der Waals surface area contributed by atoms with E-state index in [2.05, 4.69) is 15.5 Å². The lowest BCUT2D eigenvalue weighted by Crippen LogP contribution is -2.52. The topological polar surface area (TPSA) is 117 Å². The number of hydrogen-bond donors (Lipinski definition) is 2. The van der Waals surface area contributed by atoms with Gasteiger partial charge in [-0.25, -0.2) is 4.39 Å². The number of hydrogen-bond acceptors (Lipinski definition) is 7. The minimum atomic E-state index is -0.702. The number of fused-ring (bicyclic) bond motifs is 1. The van der Waals surface area contributed by atoms with E-state index in [-0.39, 0.29) is 42.5 Å². The first-order chi connectivity index (χ1) is 22.8. The van der Waals surface area contributed by atoms with Gasteiger partial charge in [0, 0.05) is 37.4 Å². The lowest BCUT2D eigenvalue weighted by Gasteiger charge is -2.33. The average molecular weight is 649 g/mol. The second kappa shape index (κ2) is 14.8. The Hall–Kier alpha value is -3.99. The van der Waals surface area contributed by atoms with Gasteiger partial charge in [0.05, 0.1) is 13.7 Å². The van der Waals surface area contributed by atoms with Crippen LogP contribution in [0.5, 0.6) is 11.5 Å². The van der Waals surface area contributed by atoms with Crippen molar-refractivity contribution in [2.75, 3.05) is 39.9 Å². The van der Waals surface area contributed by atoms with Crippen LogP contribution in [0.15, 0.2) is 30.3 Å². The summed E-state index contributed by atoms with van der Waals surface area (Å²) in [5.41, 5.74) is 3.16. The van der Waals surface area contributed by atoms with Crippen molar-refractivity contribution in [2.24, 2.45) is 0 Å². The summed E-state index contributed by atoms with van der Waals surface area (Å²) in [6.07, 6.45) is 8.26. The lowest BCUT2D eigenvalue weighted by molar-refractivity contribution is -0.137. The number of carbonyl (C=O) groups is 4. The van der Waals surface area contributed by atoms with E-state index < -0.39 is 17.8 Å². The SMILES string of the molecule is COc1ccc(C2CNC(=O)C2)cc1OCCCCCCCN1CCC(c2cc(F)cc3c2CN(C2CCC(=O)NC2=O)C3=O)CC1. The van der Waals surface area contributed by atoms with E-state index in [1.165, 1.54) is 11.0 Å². The Labute approximate surface area is 275 Å². The van der Waals surface area contributed by atoms with Gasteiger partial charge in [0.1, 0.15) is 11.9 Å². The van der Waals surface area contributed by atoms with Gasteiger partial charge in [-0.1, -0.05) is 25.3 Å². The van der Waals surface area contributed by atoms with Crippen LogP contribution in [0.2, 0.25) is 0 Å². The Bertz CT molecular complexity index is 1510. The number of benzene rings is 2. The number of nitrogens with one attached hydrogen (secondary N) is 2. The molecule has 4 heterocycles. The standard InChI is InChI=1S/C36H45FN4O6/c1-46-31-9-7-24(25-18-34(43)38-21-25)17-32(31)47-16-6-4-2-3-5-13-40-14-11-23(12-15-40)27-19-26(37)20-28-29(27)22-41(36(28)45)30-8-10-33(42)39-35(30)44/h7,9,17,19-20,23,25,30H,2-6,8,10-16,18,21-22H2,1H3,(H,38,43)(H,39,42,44). The Morgan fingerprint density at radius 2 is 1.68 bits per heavy atom. The molecule has 11 heteroatoms. The van der Waals surface area contributed by atoms with Crippen LogP contribution in [0, 0.1) is 5.82 Å². The van der Waals surface area contributed by atoms with Crippen LogP contribution in [-0.2, 0) is 20.9 Å². The Balaban J connectivity index is 0.904. The van der Waals surface area contributed by atoms with Crippen LogP contribution in [0.4, 0.5) is 4.39 Å². The molecule has 10 nitrogen and oxygen atoms in total. The van der Waals surface area contributed by atoms with Gasteiger partial charge < -0.3 is 24.6 Å². The van der Waals surface area contributed by atoms with E-state index in [1.54, 1.807) is 13.2 Å². The molecule has 0 radical (unpaired) electrons. The number of likely N-dealkylation sites (tertiary alicyclic amines) is 1. The highest BCUT2D eigenvalue weighted by atomic mass is 19.1. The predicted octanol–water partition coefficient (Wildman–Crippen LogP) is 4.41. The van der Waals surface area contributed by atoms with Gasteiger partial charge in [0.25, 0.3) is 5.91 Å². The molecule has 2 aromatic rings. The molecule has 3 fully saturated rings. The molecule has 252 valence electrons. The third kappa shape index (κ3) is 7.61. The number of unbranched alkanes of at least 4 members (excludes halogenated alkanes) is 4. The molecule has 4 amide bonds. The molecule has 6 rings (SSSR count). The van der Waals surface area contributed by atoms with E-state index in [0.29, 0.717) is 37.3 Å². The van der Waals surface area contributed by atoms with Gasteiger partial charge in [-0.05, 0) is 98.6 Å². The summed E-state index contributed by atoms with van der Waals surface area (Å²) in [4.78, 5) is 52.9. The predicted molar refractivity (Wildman–Crippen MR) is 173 cm³/mol. The maximum Gasteiger partial charge on any atom is 0.255 e. The first kappa shape index (κ1) is 32.9. The maximum absolute atomic E-state index is 14.7. The first-order valence-corrected chi connectivity index (χ1v) is 17.1. The van der Waals surface area contributed by atoms with Gasteiger partial charge in [0.15, 0.2) is 11.5 Å². The number of amides is 4. The monoisotopic (exact) mass is 648 g/mol. The van der Waals surface area contributed by atoms with Crippen LogP contribution in [0.3, 0.4) is 0 Å². The number of nitrogens with zero attached hydrogens (tertiary/aromatic N) is 2. The smallest absolute Gasteiger partial charge is 0.255 e. The molecule has 0 spiro atoms. The maximum atomic E-state index is 14.7. The second-order valence-corrected chi connectivity index (χ2v) is 13.3. The summed E-state index contributed by atoms with van der Waals surface area (Å²) < 4.78 is 26.3. The van der Waals surface area contributed by atoms with Crippen LogP contribution in [0.25, 0.3) is 0 Å². The molecule has 4 aliphatic rings. The molecule has 0 bridgehead atoms. The van der Waals surface area contributed by atoms with E-state index in [9.17, 15) is 23.6 Å². The van der Waals surface area contributed by atoms with Crippen molar-refractivity contribution < 1.29 is 33.0 Å². The highest BCUT2D eigenvalue weighted by Crippen LogP contribution is 2.38. The van der Waals surface area contributed by atoms with E-state index in [0.717, 1.165) is 87.0 Å². The minimum Gasteiger partial charge on any atom is -0.493 e. The van der Waals surface area contributed by atoms with Crippen molar-refractivity contribution in [1.82, 2.24) is 20.4 Å². The molecule has 2 N–H and O–H groups in total. The highest BCUT2D eigenvalue weighted by molar-refractivity contribution is 6.05. The number of carbonyl (C=O) groups excluding carboxylic acids is 4. The number of rotatable bonds is 13. The summed E-state index contributed by atoms with van der Waals surface area (Å²) in [6, 6.07) is 8.09. The van der Waals surface area contributed by atoms with Crippen molar-refractivity contribution >= 4 is 23.6 Å². The van der Waals surface area contributed by atoms with Crippen molar-refractivity contribution in [3.05, 3.63) is 58.4 Å². The highest BCUT2D eigenvalue weighted by Gasteiger charge is 2.41. The summed E-state index contributed by atoms with van der Waals surface area (Å²) in [5.74, 6) is 0.343. The molecule has 0 aromatic heterocycles. The number of halogens is 1. The zero-order chi connectivity index (χ0) is 32.9. The largest absolute Gasteiger partial charge is 0.493 e. The lowest BCUT2D eigenvalue weighted by atomic mass is 9.85. The van der Waals surface area contributed by atoms with Crippen LogP contribution in [-0.4, -0.2) is 79.4 Å². The molecule has 3 saturated heterocycles. The summed E-state index contributed by atoms with van der Waals surface area (Å²) in [6.45, 7) is 4.46. The zero-order valence-electron chi connectivity index (χ0n) is 27.2. The molecule has 47 heavy (non-hydrogen) atoms. The van der Waals surface area contributed by atoms with Crippen LogP contribution in [0.1, 0.15) is 103 Å². The summed E-state index contributed by atoms with van der Waals surface area (Å²) in [5, 5.41) is 5.22. The molecule has 0 aliphatic carbocycles. The molecule has 2 atom stereocenters. The van der Waals surface area contributed by atoms with Crippen molar-refractivity contribution in [2.45, 2.75) is 88.6 Å². The normalized spacial score (nSPS) is 22.0. The van der Waals surface area contributed by atoms with Gasteiger partial charge in [0.2, 0.25) is 17.7 Å².